The van der Waals surface area contributed by atoms with Crippen molar-refractivity contribution in [3.05, 3.63) is 23.9 Å². The Morgan fingerprint density at radius 2 is 1.93 bits per heavy atom. The van der Waals surface area contributed by atoms with E-state index >= 15 is 0 Å². The predicted octanol–water partition coefficient (Wildman–Crippen LogP) is 2.62. The first-order chi connectivity index (χ1) is 6.23. The molecular formula is C6H4Br3NO3S. The zero-order valence-corrected chi connectivity index (χ0v) is 12.1. The summed E-state index contributed by atoms with van der Waals surface area (Å²) in [6.45, 7) is 0. The van der Waals surface area contributed by atoms with Crippen LogP contribution in [0.3, 0.4) is 0 Å². The maximum absolute atomic E-state index is 10.9. The summed E-state index contributed by atoms with van der Waals surface area (Å²) >= 11 is 9.44. The molecular weight excluding hydrogens is 406 g/mol. The van der Waals surface area contributed by atoms with Crippen LogP contribution in [0.2, 0.25) is 0 Å². The van der Waals surface area contributed by atoms with Crippen LogP contribution in [-0.4, -0.2) is 18.0 Å². The number of pyridine rings is 1. The van der Waals surface area contributed by atoms with Crippen LogP contribution in [0.4, 0.5) is 0 Å². The quantitative estimate of drug-likeness (QED) is 0.572. The Hall–Kier alpha value is 0.500. The van der Waals surface area contributed by atoms with Gasteiger partial charge in [0.1, 0.15) is 0 Å². The minimum atomic E-state index is -4.32. The lowest BCUT2D eigenvalue weighted by molar-refractivity contribution is 0.478. The lowest BCUT2D eigenvalue weighted by Crippen LogP contribution is -2.10. The number of hydrogen-bond donors (Lipinski definition) is 1. The molecule has 14 heavy (non-hydrogen) atoms. The summed E-state index contributed by atoms with van der Waals surface area (Å²) in [5.41, 5.74) is 0.266. The Kier molecular flexibility index (Phi) is 3.74. The van der Waals surface area contributed by atoms with Gasteiger partial charge in [-0.3, -0.25) is 4.55 Å². The fraction of sp³-hybridized carbons (Fsp3) is 0.167. The van der Waals surface area contributed by atoms with E-state index in [0.29, 0.717) is 0 Å². The van der Waals surface area contributed by atoms with Gasteiger partial charge < -0.3 is 0 Å². The van der Waals surface area contributed by atoms with Gasteiger partial charge in [-0.15, -0.1) is 0 Å². The van der Waals surface area contributed by atoms with Crippen molar-refractivity contribution < 1.29 is 13.0 Å². The van der Waals surface area contributed by atoms with Crippen LogP contribution in [0.15, 0.2) is 23.4 Å². The Balaban J connectivity index is 3.47. The second kappa shape index (κ2) is 4.17. The molecule has 0 bridgehead atoms. The second-order valence-corrected chi connectivity index (χ2v) is 10.4. The lowest BCUT2D eigenvalue weighted by Gasteiger charge is -2.14. The van der Waals surface area contributed by atoms with E-state index in [1.165, 1.54) is 12.3 Å². The molecule has 4 nitrogen and oxygen atoms in total. The van der Waals surface area contributed by atoms with Crippen LogP contribution in [0, 0.1) is 0 Å². The summed E-state index contributed by atoms with van der Waals surface area (Å²) in [6.07, 6.45) is 1.28. The largest absolute Gasteiger partial charge is 0.312 e. The minimum Gasteiger partial charge on any atom is -0.281 e. The van der Waals surface area contributed by atoms with Crippen molar-refractivity contribution in [3.8, 4) is 0 Å². The molecule has 0 aromatic carbocycles. The first-order valence-corrected chi connectivity index (χ1v) is 7.04. The smallest absolute Gasteiger partial charge is 0.281 e. The molecule has 0 radical (unpaired) electrons. The molecule has 0 fully saturated rings. The molecule has 78 valence electrons. The van der Waals surface area contributed by atoms with Gasteiger partial charge in [0.25, 0.3) is 0 Å². The number of aromatic nitrogens is 1. The molecule has 0 atom stereocenters. The number of hydrogen-bond acceptors (Lipinski definition) is 3. The highest BCUT2D eigenvalue weighted by Crippen LogP contribution is 2.46. The maximum Gasteiger partial charge on any atom is 0.312 e. The van der Waals surface area contributed by atoms with E-state index in [0.717, 1.165) is 0 Å². The van der Waals surface area contributed by atoms with Crippen LogP contribution in [-0.2, 0) is 12.3 Å². The molecule has 1 aromatic heterocycles. The molecule has 0 saturated carbocycles. The van der Waals surface area contributed by atoms with Gasteiger partial charge in [0.15, 0.2) is 7.17 Å². The fourth-order valence-electron chi connectivity index (χ4n) is 0.812. The highest BCUT2D eigenvalue weighted by molar-refractivity contribution is 9.38. The molecule has 0 spiro atoms. The molecule has 0 aliphatic carbocycles. The monoisotopic (exact) mass is 407 g/mol. The van der Waals surface area contributed by atoms with Crippen LogP contribution in [0.25, 0.3) is 0 Å². The van der Waals surface area contributed by atoms with Crippen molar-refractivity contribution in [1.29, 1.82) is 0 Å². The van der Waals surface area contributed by atoms with Crippen LogP contribution in [0.1, 0.15) is 5.56 Å². The van der Waals surface area contributed by atoms with Gasteiger partial charge in [0, 0.05) is 11.8 Å². The zero-order valence-electron chi connectivity index (χ0n) is 6.49. The van der Waals surface area contributed by atoms with E-state index in [4.69, 9.17) is 4.55 Å². The Labute approximate surface area is 106 Å². The number of rotatable bonds is 1. The Morgan fingerprint density at radius 3 is 2.29 bits per heavy atom. The molecule has 0 aliphatic heterocycles. The summed E-state index contributed by atoms with van der Waals surface area (Å²) < 4.78 is 29.8. The van der Waals surface area contributed by atoms with E-state index < -0.39 is 17.3 Å². The molecule has 1 aromatic rings. The summed E-state index contributed by atoms with van der Waals surface area (Å²) in [4.78, 5) is 3.59. The first kappa shape index (κ1) is 12.6. The molecule has 0 aliphatic rings. The van der Waals surface area contributed by atoms with Crippen molar-refractivity contribution >= 4 is 57.9 Å². The topological polar surface area (TPSA) is 67.3 Å². The lowest BCUT2D eigenvalue weighted by atomic mass is 10.3. The summed E-state index contributed by atoms with van der Waals surface area (Å²) in [5.74, 6) is 0. The van der Waals surface area contributed by atoms with Crippen molar-refractivity contribution in [2.45, 2.75) is 7.17 Å². The van der Waals surface area contributed by atoms with Crippen molar-refractivity contribution in [1.82, 2.24) is 4.98 Å². The van der Waals surface area contributed by atoms with Crippen molar-refractivity contribution in [2.75, 3.05) is 0 Å². The van der Waals surface area contributed by atoms with Gasteiger partial charge in [0.2, 0.25) is 0 Å². The standard InChI is InChI=1S/C6H4Br3NO3S/c7-6(8,9)4-2-1-3-10-5(4)14(11,12)13/h1-3H,(H,11,12,13). The van der Waals surface area contributed by atoms with Crippen LogP contribution in [0.5, 0.6) is 0 Å². The highest BCUT2D eigenvalue weighted by Gasteiger charge is 2.29. The summed E-state index contributed by atoms with van der Waals surface area (Å²) in [5, 5.41) is -0.398. The van der Waals surface area contributed by atoms with Crippen molar-refractivity contribution in [3.63, 3.8) is 0 Å². The third-order valence-electron chi connectivity index (χ3n) is 1.32. The van der Waals surface area contributed by atoms with Gasteiger partial charge in [-0.1, -0.05) is 53.9 Å². The normalized spacial score (nSPS) is 12.9. The molecule has 1 heterocycles. The van der Waals surface area contributed by atoms with E-state index in [2.05, 4.69) is 52.8 Å². The SMILES string of the molecule is O=S(=O)(O)c1ncccc1C(Br)(Br)Br. The molecule has 0 saturated heterocycles. The van der Waals surface area contributed by atoms with Crippen LogP contribution < -0.4 is 0 Å². The maximum atomic E-state index is 10.9. The molecule has 0 amide bonds. The highest BCUT2D eigenvalue weighted by atomic mass is 80.0. The number of alkyl halides is 3. The van der Waals surface area contributed by atoms with Gasteiger partial charge >= 0.3 is 10.1 Å². The number of nitrogens with zero attached hydrogens (tertiary/aromatic N) is 1. The van der Waals surface area contributed by atoms with E-state index in [9.17, 15) is 8.42 Å². The molecule has 8 heteroatoms. The average Bonchev–Trinajstić information content (AvgIpc) is 2.01. The minimum absolute atomic E-state index is 0.266. The van der Waals surface area contributed by atoms with Crippen molar-refractivity contribution in [2.24, 2.45) is 0 Å². The Morgan fingerprint density at radius 1 is 1.36 bits per heavy atom. The van der Waals surface area contributed by atoms with E-state index in [1.54, 1.807) is 6.07 Å². The summed E-state index contributed by atoms with van der Waals surface area (Å²) in [6, 6.07) is 3.07. The number of halogens is 3. The second-order valence-electron chi connectivity index (χ2n) is 2.33. The van der Waals surface area contributed by atoms with Gasteiger partial charge in [-0.2, -0.15) is 8.42 Å². The van der Waals surface area contributed by atoms with Gasteiger partial charge in [-0.25, -0.2) is 4.98 Å². The van der Waals surface area contributed by atoms with E-state index in [1.807, 2.05) is 0 Å². The molecule has 1 rings (SSSR count). The predicted molar refractivity (Wildman–Crippen MR) is 62.5 cm³/mol. The third-order valence-corrected chi connectivity index (χ3v) is 3.42. The fourth-order valence-corrected chi connectivity index (χ4v) is 2.86. The van der Waals surface area contributed by atoms with Gasteiger partial charge in [-0.05, 0) is 6.07 Å². The average molecular weight is 410 g/mol. The molecule has 1 N–H and O–H groups in total. The third kappa shape index (κ3) is 2.99. The summed E-state index contributed by atoms with van der Waals surface area (Å²) in [7, 11) is -4.32. The van der Waals surface area contributed by atoms with Gasteiger partial charge in [0.05, 0.1) is 0 Å². The van der Waals surface area contributed by atoms with E-state index in [-0.39, 0.29) is 5.56 Å². The Bertz CT molecular complexity index is 440. The molecule has 0 unspecified atom stereocenters. The first-order valence-electron chi connectivity index (χ1n) is 3.22. The van der Waals surface area contributed by atoms with Crippen LogP contribution >= 0.6 is 47.8 Å². The zero-order chi connectivity index (χ0) is 11.0.